The molecule has 2 atom stereocenters. The Hall–Kier alpha value is -4.14. The molecule has 3 aromatic rings. The van der Waals surface area contributed by atoms with Gasteiger partial charge in [-0.25, -0.2) is 9.18 Å². The number of rotatable bonds is 7. The number of fused-ring (bicyclic) bond motifs is 1. The average molecular weight is 493 g/mol. The van der Waals surface area contributed by atoms with Crippen molar-refractivity contribution < 1.29 is 23.5 Å². The second-order valence-corrected chi connectivity index (χ2v) is 8.51. The number of ether oxygens (including phenoxy) is 2. The van der Waals surface area contributed by atoms with E-state index in [-0.39, 0.29) is 18.3 Å². The van der Waals surface area contributed by atoms with E-state index in [0.717, 1.165) is 22.4 Å². The first-order chi connectivity index (χ1) is 17.4. The van der Waals surface area contributed by atoms with Crippen molar-refractivity contribution >= 4 is 11.9 Å². The SMILES string of the molecule is COc1cc2c(cc1OC)C(c1ccc(F)cc1)N(C(=O)N[C@@H](C)C(=O)NCc1ccccn1)CC2. The largest absolute Gasteiger partial charge is 0.493 e. The molecule has 1 aliphatic heterocycles. The maximum absolute atomic E-state index is 13.7. The molecule has 188 valence electrons. The van der Waals surface area contributed by atoms with E-state index < -0.39 is 18.1 Å². The molecule has 1 unspecified atom stereocenters. The van der Waals surface area contributed by atoms with Gasteiger partial charge in [0.25, 0.3) is 0 Å². The highest BCUT2D eigenvalue weighted by molar-refractivity contribution is 5.87. The molecule has 2 N–H and O–H groups in total. The number of urea groups is 1. The van der Waals surface area contributed by atoms with E-state index in [1.54, 1.807) is 50.4 Å². The van der Waals surface area contributed by atoms with Crippen LogP contribution in [0.2, 0.25) is 0 Å². The second-order valence-electron chi connectivity index (χ2n) is 8.51. The summed E-state index contributed by atoms with van der Waals surface area (Å²) in [6.45, 7) is 2.29. The molecular formula is C27H29FN4O4. The second kappa shape index (κ2) is 11.1. The van der Waals surface area contributed by atoms with E-state index in [0.29, 0.717) is 24.5 Å². The first-order valence-electron chi connectivity index (χ1n) is 11.7. The van der Waals surface area contributed by atoms with Gasteiger partial charge in [-0.15, -0.1) is 0 Å². The zero-order valence-electron chi connectivity index (χ0n) is 20.5. The van der Waals surface area contributed by atoms with Crippen LogP contribution in [0.4, 0.5) is 9.18 Å². The summed E-state index contributed by atoms with van der Waals surface area (Å²) in [5.41, 5.74) is 3.32. The molecule has 2 heterocycles. The fourth-order valence-corrected chi connectivity index (χ4v) is 4.34. The number of hydrogen-bond acceptors (Lipinski definition) is 5. The summed E-state index contributed by atoms with van der Waals surface area (Å²) in [7, 11) is 3.13. The molecule has 0 aliphatic carbocycles. The number of carbonyl (C=O) groups excluding carboxylic acids is 2. The van der Waals surface area contributed by atoms with Crippen LogP contribution in [0.5, 0.6) is 11.5 Å². The average Bonchev–Trinajstić information content (AvgIpc) is 2.91. The van der Waals surface area contributed by atoms with Crippen LogP contribution in [0.25, 0.3) is 0 Å². The molecular weight excluding hydrogens is 463 g/mol. The van der Waals surface area contributed by atoms with Crippen molar-refractivity contribution in [1.82, 2.24) is 20.5 Å². The van der Waals surface area contributed by atoms with Crippen LogP contribution in [0.15, 0.2) is 60.8 Å². The molecule has 0 spiro atoms. The molecule has 0 saturated carbocycles. The van der Waals surface area contributed by atoms with Crippen molar-refractivity contribution in [1.29, 1.82) is 0 Å². The monoisotopic (exact) mass is 492 g/mol. The normalized spacial score (nSPS) is 15.4. The van der Waals surface area contributed by atoms with Gasteiger partial charge in [-0.2, -0.15) is 0 Å². The lowest BCUT2D eigenvalue weighted by Crippen LogP contribution is -2.52. The van der Waals surface area contributed by atoms with Gasteiger partial charge in [-0.1, -0.05) is 18.2 Å². The molecule has 1 aliphatic rings. The molecule has 0 fully saturated rings. The van der Waals surface area contributed by atoms with E-state index in [2.05, 4.69) is 15.6 Å². The number of amides is 3. The molecule has 2 aromatic carbocycles. The van der Waals surface area contributed by atoms with Gasteiger partial charge in [0.1, 0.15) is 11.9 Å². The third-order valence-corrected chi connectivity index (χ3v) is 6.22. The Morgan fingerprint density at radius 2 is 1.83 bits per heavy atom. The summed E-state index contributed by atoms with van der Waals surface area (Å²) in [6.07, 6.45) is 2.24. The molecule has 9 heteroatoms. The van der Waals surface area contributed by atoms with Crippen LogP contribution >= 0.6 is 0 Å². The smallest absolute Gasteiger partial charge is 0.318 e. The van der Waals surface area contributed by atoms with Crippen molar-refractivity contribution in [2.75, 3.05) is 20.8 Å². The van der Waals surface area contributed by atoms with E-state index in [1.807, 2.05) is 24.3 Å². The maximum Gasteiger partial charge on any atom is 0.318 e. The van der Waals surface area contributed by atoms with E-state index >= 15 is 0 Å². The van der Waals surface area contributed by atoms with Gasteiger partial charge in [-0.05, 0) is 66.4 Å². The van der Waals surface area contributed by atoms with Crippen molar-refractivity contribution in [3.63, 3.8) is 0 Å². The number of aromatic nitrogens is 1. The van der Waals surface area contributed by atoms with Gasteiger partial charge in [0.2, 0.25) is 5.91 Å². The Kier molecular flexibility index (Phi) is 7.68. The molecule has 36 heavy (non-hydrogen) atoms. The molecule has 8 nitrogen and oxygen atoms in total. The highest BCUT2D eigenvalue weighted by Crippen LogP contribution is 2.41. The molecule has 0 radical (unpaired) electrons. The van der Waals surface area contributed by atoms with E-state index in [1.165, 1.54) is 12.1 Å². The molecule has 0 bridgehead atoms. The summed E-state index contributed by atoms with van der Waals surface area (Å²) < 4.78 is 24.7. The van der Waals surface area contributed by atoms with Gasteiger partial charge in [0.05, 0.1) is 32.5 Å². The van der Waals surface area contributed by atoms with Gasteiger partial charge in [0.15, 0.2) is 11.5 Å². The Labute approximate surface area is 209 Å². The van der Waals surface area contributed by atoms with Crippen molar-refractivity contribution in [2.45, 2.75) is 32.0 Å². The standard InChI is InChI=1S/C27H29FN4O4/c1-17(26(33)30-16-21-6-4-5-12-29-21)31-27(34)32-13-11-19-14-23(35-2)24(36-3)15-22(19)25(32)18-7-9-20(28)10-8-18/h4-10,12,14-15,17,25H,11,13,16H2,1-3H3,(H,30,33)(H,31,34)/t17-,25?/m0/s1. The van der Waals surface area contributed by atoms with Crippen LogP contribution in [-0.4, -0.2) is 48.6 Å². The number of nitrogens with one attached hydrogen (secondary N) is 2. The highest BCUT2D eigenvalue weighted by Gasteiger charge is 2.34. The number of carbonyl (C=O) groups is 2. The zero-order chi connectivity index (χ0) is 25.7. The zero-order valence-corrected chi connectivity index (χ0v) is 20.5. The van der Waals surface area contributed by atoms with Crippen LogP contribution in [0.1, 0.15) is 35.3 Å². The maximum atomic E-state index is 13.7. The van der Waals surface area contributed by atoms with Gasteiger partial charge < -0.3 is 25.0 Å². The molecule has 1 aromatic heterocycles. The minimum absolute atomic E-state index is 0.261. The first kappa shape index (κ1) is 25.0. The number of benzene rings is 2. The van der Waals surface area contributed by atoms with Gasteiger partial charge >= 0.3 is 6.03 Å². The summed E-state index contributed by atoms with van der Waals surface area (Å²) in [5.74, 6) is 0.450. The van der Waals surface area contributed by atoms with Crippen molar-refractivity contribution in [2.24, 2.45) is 0 Å². The van der Waals surface area contributed by atoms with Gasteiger partial charge in [0, 0.05) is 12.7 Å². The Balaban J connectivity index is 1.57. The topological polar surface area (TPSA) is 92.8 Å². The predicted molar refractivity (Wildman–Crippen MR) is 132 cm³/mol. The number of nitrogens with zero attached hydrogens (tertiary/aromatic N) is 2. The first-order valence-corrected chi connectivity index (χ1v) is 11.7. The van der Waals surface area contributed by atoms with Crippen LogP contribution in [0, 0.1) is 5.82 Å². The lowest BCUT2D eigenvalue weighted by Gasteiger charge is -2.38. The third-order valence-electron chi connectivity index (χ3n) is 6.22. The Morgan fingerprint density at radius 1 is 1.11 bits per heavy atom. The summed E-state index contributed by atoms with van der Waals surface area (Å²) >= 11 is 0. The predicted octanol–water partition coefficient (Wildman–Crippen LogP) is 3.60. The lowest BCUT2D eigenvalue weighted by molar-refractivity contribution is -0.122. The summed E-state index contributed by atoms with van der Waals surface area (Å²) in [4.78, 5) is 31.9. The minimum atomic E-state index is -0.776. The lowest BCUT2D eigenvalue weighted by atomic mass is 9.88. The van der Waals surface area contributed by atoms with Gasteiger partial charge in [-0.3, -0.25) is 9.78 Å². The number of methoxy groups -OCH3 is 2. The van der Waals surface area contributed by atoms with E-state index in [9.17, 15) is 14.0 Å². The Morgan fingerprint density at radius 3 is 2.50 bits per heavy atom. The van der Waals surface area contributed by atoms with Crippen LogP contribution in [0.3, 0.4) is 0 Å². The number of halogens is 1. The van der Waals surface area contributed by atoms with Crippen molar-refractivity contribution in [3.05, 3.63) is 89.0 Å². The Bertz CT molecular complexity index is 1220. The molecule has 4 rings (SSSR count). The fraction of sp³-hybridized carbons (Fsp3) is 0.296. The highest BCUT2D eigenvalue weighted by atomic mass is 19.1. The summed E-state index contributed by atoms with van der Waals surface area (Å²) in [6, 6.07) is 13.6. The number of pyridine rings is 1. The third kappa shape index (κ3) is 5.40. The fourth-order valence-electron chi connectivity index (χ4n) is 4.34. The molecule has 3 amide bonds. The van der Waals surface area contributed by atoms with Crippen LogP contribution < -0.4 is 20.1 Å². The van der Waals surface area contributed by atoms with Crippen molar-refractivity contribution in [3.8, 4) is 11.5 Å². The summed E-state index contributed by atoms with van der Waals surface area (Å²) in [5, 5.41) is 5.60. The molecule has 0 saturated heterocycles. The number of hydrogen-bond donors (Lipinski definition) is 2. The quantitative estimate of drug-likeness (QED) is 0.526. The van der Waals surface area contributed by atoms with E-state index in [4.69, 9.17) is 9.47 Å². The van der Waals surface area contributed by atoms with Crippen LogP contribution in [-0.2, 0) is 17.8 Å². The minimum Gasteiger partial charge on any atom is -0.493 e.